The quantitative estimate of drug-likeness (QED) is 0.269. The Morgan fingerprint density at radius 3 is 2.73 bits per heavy atom. The van der Waals surface area contributed by atoms with E-state index in [0.29, 0.717) is 24.7 Å². The second kappa shape index (κ2) is 9.85. The van der Waals surface area contributed by atoms with E-state index in [1.165, 1.54) is 6.21 Å². The van der Waals surface area contributed by atoms with Gasteiger partial charge in [0.15, 0.2) is 11.5 Å². The third kappa shape index (κ3) is 6.10. The molecule has 8 heteroatoms. The van der Waals surface area contributed by atoms with Gasteiger partial charge in [0.05, 0.1) is 16.9 Å². The summed E-state index contributed by atoms with van der Waals surface area (Å²) in [5.74, 6) is 2.00. The van der Waals surface area contributed by atoms with Gasteiger partial charge in [-0.2, -0.15) is 5.10 Å². The number of hydrogen-bond acceptors (Lipinski definition) is 5. The molecule has 0 saturated heterocycles. The lowest BCUT2D eigenvalue weighted by Gasteiger charge is -2.14. The highest BCUT2D eigenvalue weighted by Crippen LogP contribution is 2.33. The maximum atomic E-state index is 10.6. The average Bonchev–Trinajstić information content (AvgIpc) is 2.59. The molecular weight excluding hydrogens is 449 g/mol. The first kappa shape index (κ1) is 19.8. The van der Waals surface area contributed by atoms with E-state index in [1.807, 2.05) is 37.3 Å². The minimum Gasteiger partial charge on any atom is -0.493 e. The first-order valence-electron chi connectivity index (χ1n) is 7.78. The number of primary amides is 1. The summed E-state index contributed by atoms with van der Waals surface area (Å²) in [6.45, 7) is 2.80. The van der Waals surface area contributed by atoms with Crippen LogP contribution in [0.4, 0.5) is 4.79 Å². The number of hydrogen-bond donors (Lipinski definition) is 2. The number of hydrazone groups is 1. The van der Waals surface area contributed by atoms with Crippen LogP contribution >= 0.6 is 22.6 Å². The van der Waals surface area contributed by atoms with Crippen molar-refractivity contribution >= 4 is 34.8 Å². The maximum absolute atomic E-state index is 10.6. The molecule has 2 aromatic rings. The molecule has 0 aromatic heterocycles. The molecule has 0 spiro atoms. The number of aryl methyl sites for hydroxylation is 1. The predicted molar refractivity (Wildman–Crippen MR) is 108 cm³/mol. The molecule has 0 aliphatic rings. The Morgan fingerprint density at radius 2 is 2.04 bits per heavy atom. The normalized spacial score (nSPS) is 10.6. The van der Waals surface area contributed by atoms with Crippen molar-refractivity contribution in [2.45, 2.75) is 6.92 Å². The van der Waals surface area contributed by atoms with E-state index in [4.69, 9.17) is 19.9 Å². The van der Waals surface area contributed by atoms with Gasteiger partial charge >= 0.3 is 6.03 Å². The van der Waals surface area contributed by atoms with Crippen LogP contribution in [-0.4, -0.2) is 32.6 Å². The molecule has 0 fully saturated rings. The molecule has 0 unspecified atom stereocenters. The highest BCUT2D eigenvalue weighted by atomic mass is 127. The topological polar surface area (TPSA) is 95.2 Å². The number of amides is 2. The monoisotopic (exact) mass is 469 g/mol. The Hall–Kier alpha value is -2.49. The van der Waals surface area contributed by atoms with Crippen LogP contribution in [0.5, 0.6) is 17.2 Å². The van der Waals surface area contributed by atoms with Crippen LogP contribution in [-0.2, 0) is 0 Å². The second-order valence-corrected chi connectivity index (χ2v) is 6.44. The first-order chi connectivity index (χ1) is 12.5. The molecule has 0 saturated carbocycles. The number of halogens is 1. The fourth-order valence-corrected chi connectivity index (χ4v) is 2.91. The molecular formula is C18H20IN3O4. The summed E-state index contributed by atoms with van der Waals surface area (Å²) in [5.41, 5.74) is 8.99. The number of ether oxygens (including phenoxy) is 3. The van der Waals surface area contributed by atoms with Crippen molar-refractivity contribution in [2.24, 2.45) is 10.8 Å². The Kier molecular flexibility index (Phi) is 7.52. The number of carbonyl (C=O) groups is 1. The van der Waals surface area contributed by atoms with Gasteiger partial charge in [0, 0.05) is 0 Å². The van der Waals surface area contributed by atoms with Gasteiger partial charge in [0.1, 0.15) is 19.0 Å². The lowest BCUT2D eigenvalue weighted by Crippen LogP contribution is -2.24. The number of urea groups is 1. The molecule has 0 radical (unpaired) electrons. The summed E-state index contributed by atoms with van der Waals surface area (Å²) < 4.78 is 17.7. The number of carbonyl (C=O) groups excluding carboxylic acids is 1. The second-order valence-electron chi connectivity index (χ2n) is 5.28. The van der Waals surface area contributed by atoms with Crippen LogP contribution in [0, 0.1) is 10.5 Å². The molecule has 0 atom stereocenters. The molecule has 0 bridgehead atoms. The van der Waals surface area contributed by atoms with Crippen molar-refractivity contribution in [2.75, 3.05) is 20.3 Å². The fourth-order valence-electron chi connectivity index (χ4n) is 2.13. The van der Waals surface area contributed by atoms with Gasteiger partial charge in [-0.3, -0.25) is 0 Å². The Balaban J connectivity index is 1.97. The number of nitrogens with one attached hydrogen (secondary N) is 1. The molecule has 0 heterocycles. The summed E-state index contributed by atoms with van der Waals surface area (Å²) in [5, 5.41) is 3.73. The van der Waals surface area contributed by atoms with E-state index in [9.17, 15) is 4.79 Å². The third-order valence-corrected chi connectivity index (χ3v) is 4.03. The van der Waals surface area contributed by atoms with E-state index >= 15 is 0 Å². The van der Waals surface area contributed by atoms with Crippen LogP contribution in [0.25, 0.3) is 0 Å². The Labute approximate surface area is 165 Å². The Bertz CT molecular complexity index is 796. The highest BCUT2D eigenvalue weighted by Gasteiger charge is 2.11. The van der Waals surface area contributed by atoms with Gasteiger partial charge in [-0.25, -0.2) is 10.2 Å². The van der Waals surface area contributed by atoms with Crippen LogP contribution in [0.15, 0.2) is 41.5 Å². The molecule has 138 valence electrons. The molecule has 0 aliphatic carbocycles. The number of methoxy groups -OCH3 is 1. The van der Waals surface area contributed by atoms with Crippen molar-refractivity contribution in [3.63, 3.8) is 0 Å². The van der Waals surface area contributed by atoms with Crippen molar-refractivity contribution < 1.29 is 19.0 Å². The van der Waals surface area contributed by atoms with E-state index in [-0.39, 0.29) is 0 Å². The SMILES string of the molecule is COc1cc(/C=N/NC(N)=O)cc(I)c1OCCOc1cccc(C)c1. The predicted octanol–water partition coefficient (Wildman–Crippen LogP) is 3.07. The summed E-state index contributed by atoms with van der Waals surface area (Å²) in [4.78, 5) is 10.6. The molecule has 3 N–H and O–H groups in total. The molecule has 26 heavy (non-hydrogen) atoms. The van der Waals surface area contributed by atoms with Crippen LogP contribution in [0.2, 0.25) is 0 Å². The fraction of sp³-hybridized carbons (Fsp3) is 0.222. The van der Waals surface area contributed by atoms with Crippen molar-refractivity contribution in [1.29, 1.82) is 0 Å². The average molecular weight is 469 g/mol. The molecule has 2 rings (SSSR count). The number of nitrogens with zero attached hydrogens (tertiary/aromatic N) is 1. The van der Waals surface area contributed by atoms with Crippen molar-refractivity contribution in [1.82, 2.24) is 5.43 Å². The summed E-state index contributed by atoms with van der Waals surface area (Å²) in [6, 6.07) is 10.7. The van der Waals surface area contributed by atoms with Gasteiger partial charge in [-0.05, 0) is 64.9 Å². The van der Waals surface area contributed by atoms with Crippen molar-refractivity contribution in [3.05, 3.63) is 51.1 Å². The molecule has 7 nitrogen and oxygen atoms in total. The zero-order valence-corrected chi connectivity index (χ0v) is 16.6. The van der Waals surface area contributed by atoms with E-state index < -0.39 is 6.03 Å². The van der Waals surface area contributed by atoms with E-state index in [2.05, 4.69) is 33.1 Å². The van der Waals surface area contributed by atoms with Crippen molar-refractivity contribution in [3.8, 4) is 17.2 Å². The molecule has 2 aromatic carbocycles. The zero-order chi connectivity index (χ0) is 18.9. The number of benzene rings is 2. The zero-order valence-electron chi connectivity index (χ0n) is 14.5. The highest BCUT2D eigenvalue weighted by molar-refractivity contribution is 14.1. The minimum atomic E-state index is -0.725. The van der Waals surface area contributed by atoms with E-state index in [1.54, 1.807) is 13.2 Å². The first-order valence-corrected chi connectivity index (χ1v) is 8.86. The lowest BCUT2D eigenvalue weighted by molar-refractivity contribution is 0.210. The molecule has 0 aliphatic heterocycles. The van der Waals surface area contributed by atoms with Gasteiger partial charge < -0.3 is 19.9 Å². The van der Waals surface area contributed by atoms with Crippen LogP contribution in [0.3, 0.4) is 0 Å². The third-order valence-electron chi connectivity index (χ3n) is 3.23. The number of nitrogens with two attached hydrogens (primary N) is 1. The maximum Gasteiger partial charge on any atom is 0.332 e. The number of rotatable bonds is 8. The largest absolute Gasteiger partial charge is 0.493 e. The Morgan fingerprint density at radius 1 is 1.27 bits per heavy atom. The summed E-state index contributed by atoms with van der Waals surface area (Å²) in [6.07, 6.45) is 1.47. The smallest absolute Gasteiger partial charge is 0.332 e. The van der Waals surface area contributed by atoms with Gasteiger partial charge in [0.25, 0.3) is 0 Å². The summed E-state index contributed by atoms with van der Waals surface area (Å²) in [7, 11) is 1.56. The lowest BCUT2D eigenvalue weighted by atomic mass is 10.2. The summed E-state index contributed by atoms with van der Waals surface area (Å²) >= 11 is 2.15. The van der Waals surface area contributed by atoms with Crippen LogP contribution < -0.4 is 25.4 Å². The standard InChI is InChI=1S/C18H20IN3O4/c1-12-4-3-5-14(8-12)25-6-7-26-17-15(19)9-13(10-16(17)24-2)11-21-22-18(20)23/h3-5,8-11H,6-7H2,1-2H3,(H3,20,22,23)/b21-11+. The van der Waals surface area contributed by atoms with E-state index in [0.717, 1.165) is 20.4 Å². The minimum absolute atomic E-state index is 0.372. The molecule has 2 amide bonds. The van der Waals surface area contributed by atoms with Gasteiger partial charge in [0.2, 0.25) is 0 Å². The van der Waals surface area contributed by atoms with Gasteiger partial charge in [-0.1, -0.05) is 12.1 Å². The van der Waals surface area contributed by atoms with Gasteiger partial charge in [-0.15, -0.1) is 0 Å². The van der Waals surface area contributed by atoms with Crippen LogP contribution in [0.1, 0.15) is 11.1 Å².